The lowest BCUT2D eigenvalue weighted by Crippen LogP contribution is -2.15. The average molecular weight is 374 g/mol. The van der Waals surface area contributed by atoms with Crippen molar-refractivity contribution in [3.63, 3.8) is 0 Å². The number of anilines is 3. The van der Waals surface area contributed by atoms with E-state index in [1.165, 1.54) is 19.3 Å². The first-order chi connectivity index (χ1) is 13.3. The van der Waals surface area contributed by atoms with Crippen LogP contribution in [-0.4, -0.2) is 21.7 Å². The molecule has 3 aromatic rings. The number of carbonyl (C=O) groups excluding carboxylic acids is 2. The van der Waals surface area contributed by atoms with E-state index in [2.05, 4.69) is 20.6 Å². The van der Waals surface area contributed by atoms with Gasteiger partial charge in [0, 0.05) is 29.3 Å². The van der Waals surface area contributed by atoms with E-state index in [0.29, 0.717) is 22.8 Å². The number of aromatic nitrogens is 2. The first-order valence-electron chi connectivity index (χ1n) is 8.93. The third kappa shape index (κ3) is 4.40. The van der Waals surface area contributed by atoms with E-state index in [9.17, 15) is 9.59 Å². The molecule has 1 aromatic heterocycles. The number of nitrogens with zero attached hydrogens (tertiary/aromatic N) is 2. The summed E-state index contributed by atoms with van der Waals surface area (Å²) in [7, 11) is 0. The summed E-state index contributed by atoms with van der Waals surface area (Å²) >= 11 is 0. The van der Waals surface area contributed by atoms with Crippen LogP contribution < -0.4 is 10.6 Å². The van der Waals surface area contributed by atoms with Gasteiger partial charge in [-0.2, -0.15) is 0 Å². The molecule has 0 saturated heterocycles. The second-order valence-electron chi connectivity index (χ2n) is 6.79. The Morgan fingerprint density at radius 1 is 0.893 bits per heavy atom. The van der Waals surface area contributed by atoms with Gasteiger partial charge in [-0.15, -0.1) is 0 Å². The maximum atomic E-state index is 12.5. The minimum atomic E-state index is -0.264. The molecule has 6 nitrogen and oxygen atoms in total. The van der Waals surface area contributed by atoms with Gasteiger partial charge in [-0.3, -0.25) is 9.59 Å². The molecule has 0 spiro atoms. The maximum absolute atomic E-state index is 12.5. The molecule has 3 rings (SSSR count). The zero-order valence-electron chi connectivity index (χ0n) is 16.3. The van der Waals surface area contributed by atoms with Crippen LogP contribution in [0.5, 0.6) is 0 Å². The van der Waals surface area contributed by atoms with Gasteiger partial charge in [-0.05, 0) is 51.0 Å². The quantitative estimate of drug-likeness (QED) is 0.638. The standard InChI is InChI=1S/C22H22N4O2/c1-13-8-14(2)20(15(3)9-13)26-21(28)18-11-23-22(24-12-18)25-19-7-5-6-17(10-19)16(4)27/h5-12H,1-4H3,(H,26,28)(H,23,24,25). The van der Waals surface area contributed by atoms with Gasteiger partial charge in [0.2, 0.25) is 5.95 Å². The van der Waals surface area contributed by atoms with Crippen molar-refractivity contribution < 1.29 is 9.59 Å². The Morgan fingerprint density at radius 3 is 2.14 bits per heavy atom. The number of ketones is 1. The van der Waals surface area contributed by atoms with Crippen molar-refractivity contribution in [1.82, 2.24) is 9.97 Å². The topological polar surface area (TPSA) is 84.0 Å². The van der Waals surface area contributed by atoms with E-state index in [1.54, 1.807) is 18.2 Å². The van der Waals surface area contributed by atoms with Crippen LogP contribution in [0.3, 0.4) is 0 Å². The van der Waals surface area contributed by atoms with Crippen LogP contribution >= 0.6 is 0 Å². The number of amides is 1. The molecule has 0 aliphatic carbocycles. The largest absolute Gasteiger partial charge is 0.324 e. The van der Waals surface area contributed by atoms with Crippen LogP contribution in [0.15, 0.2) is 48.8 Å². The third-order valence-electron chi connectivity index (χ3n) is 4.35. The monoisotopic (exact) mass is 374 g/mol. The zero-order chi connectivity index (χ0) is 20.3. The molecule has 0 aliphatic rings. The fourth-order valence-corrected chi connectivity index (χ4v) is 3.02. The van der Waals surface area contributed by atoms with Crippen LogP contribution in [0.4, 0.5) is 17.3 Å². The Balaban J connectivity index is 1.73. The molecule has 2 aromatic carbocycles. The van der Waals surface area contributed by atoms with Crippen molar-refractivity contribution in [3.8, 4) is 0 Å². The van der Waals surface area contributed by atoms with E-state index >= 15 is 0 Å². The van der Waals surface area contributed by atoms with Crippen molar-refractivity contribution in [2.24, 2.45) is 0 Å². The van der Waals surface area contributed by atoms with Gasteiger partial charge in [0.1, 0.15) is 0 Å². The fraction of sp³-hybridized carbons (Fsp3) is 0.182. The molecule has 142 valence electrons. The molecule has 1 amide bonds. The lowest BCUT2D eigenvalue weighted by atomic mass is 10.0. The van der Waals surface area contributed by atoms with E-state index in [1.807, 2.05) is 39.0 Å². The zero-order valence-corrected chi connectivity index (χ0v) is 16.3. The van der Waals surface area contributed by atoms with Gasteiger partial charge in [0.05, 0.1) is 5.56 Å². The van der Waals surface area contributed by atoms with E-state index in [-0.39, 0.29) is 11.7 Å². The first-order valence-corrected chi connectivity index (χ1v) is 8.93. The maximum Gasteiger partial charge on any atom is 0.258 e. The van der Waals surface area contributed by atoms with Gasteiger partial charge in [0.25, 0.3) is 5.91 Å². The normalized spacial score (nSPS) is 10.4. The Morgan fingerprint density at radius 2 is 1.54 bits per heavy atom. The lowest BCUT2D eigenvalue weighted by Gasteiger charge is -2.13. The van der Waals surface area contributed by atoms with Crippen molar-refractivity contribution in [3.05, 3.63) is 76.6 Å². The van der Waals surface area contributed by atoms with Crippen LogP contribution in [-0.2, 0) is 0 Å². The number of rotatable bonds is 5. The summed E-state index contributed by atoms with van der Waals surface area (Å²) in [5.41, 5.74) is 5.65. The molecule has 0 aliphatic heterocycles. The van der Waals surface area contributed by atoms with Crippen LogP contribution in [0, 0.1) is 20.8 Å². The molecule has 1 heterocycles. The molecule has 0 saturated carbocycles. The van der Waals surface area contributed by atoms with Gasteiger partial charge < -0.3 is 10.6 Å². The summed E-state index contributed by atoms with van der Waals surface area (Å²) in [4.78, 5) is 32.4. The fourth-order valence-electron chi connectivity index (χ4n) is 3.02. The summed E-state index contributed by atoms with van der Waals surface area (Å²) in [6.45, 7) is 7.47. The molecular weight excluding hydrogens is 352 g/mol. The molecule has 0 atom stereocenters. The molecule has 0 radical (unpaired) electrons. The van der Waals surface area contributed by atoms with Gasteiger partial charge >= 0.3 is 0 Å². The molecular formula is C22H22N4O2. The predicted molar refractivity (Wildman–Crippen MR) is 110 cm³/mol. The summed E-state index contributed by atoms with van der Waals surface area (Å²) in [5, 5.41) is 5.97. The van der Waals surface area contributed by atoms with Gasteiger partial charge in [-0.1, -0.05) is 29.8 Å². The summed E-state index contributed by atoms with van der Waals surface area (Å²) in [5.74, 6) is 0.0680. The second-order valence-corrected chi connectivity index (χ2v) is 6.79. The number of carbonyl (C=O) groups is 2. The molecule has 0 bridgehead atoms. The van der Waals surface area contributed by atoms with Gasteiger partial charge in [-0.25, -0.2) is 9.97 Å². The highest BCUT2D eigenvalue weighted by Crippen LogP contribution is 2.22. The van der Waals surface area contributed by atoms with Crippen LogP contribution in [0.1, 0.15) is 44.3 Å². The molecule has 6 heteroatoms. The number of hydrogen-bond acceptors (Lipinski definition) is 5. The number of Topliss-reactive ketones (excluding diaryl/α,β-unsaturated/α-hetero) is 1. The molecule has 2 N–H and O–H groups in total. The minimum absolute atomic E-state index is 0.0155. The van der Waals surface area contributed by atoms with Crippen molar-refractivity contribution in [1.29, 1.82) is 0 Å². The number of nitrogens with one attached hydrogen (secondary N) is 2. The molecule has 0 unspecified atom stereocenters. The SMILES string of the molecule is CC(=O)c1cccc(Nc2ncc(C(=O)Nc3c(C)cc(C)cc3C)cn2)c1. The first kappa shape index (κ1) is 19.2. The molecule has 28 heavy (non-hydrogen) atoms. The number of benzene rings is 2. The van der Waals surface area contributed by atoms with Crippen molar-refractivity contribution in [2.75, 3.05) is 10.6 Å². The van der Waals surface area contributed by atoms with Crippen LogP contribution in [0.2, 0.25) is 0 Å². The highest BCUT2D eigenvalue weighted by Gasteiger charge is 2.12. The Hall–Kier alpha value is -3.54. The number of hydrogen-bond donors (Lipinski definition) is 2. The summed E-state index contributed by atoms with van der Waals surface area (Å²) in [6, 6.07) is 11.1. The van der Waals surface area contributed by atoms with Gasteiger partial charge in [0.15, 0.2) is 5.78 Å². The summed E-state index contributed by atoms with van der Waals surface area (Å²) in [6.07, 6.45) is 2.94. The lowest BCUT2D eigenvalue weighted by molar-refractivity contribution is 0.101. The highest BCUT2D eigenvalue weighted by molar-refractivity contribution is 6.04. The average Bonchev–Trinajstić information content (AvgIpc) is 2.65. The molecule has 0 fully saturated rings. The highest BCUT2D eigenvalue weighted by atomic mass is 16.1. The van der Waals surface area contributed by atoms with E-state index < -0.39 is 0 Å². The minimum Gasteiger partial charge on any atom is -0.324 e. The third-order valence-corrected chi connectivity index (χ3v) is 4.35. The van der Waals surface area contributed by atoms with E-state index in [4.69, 9.17) is 0 Å². The van der Waals surface area contributed by atoms with Crippen molar-refractivity contribution in [2.45, 2.75) is 27.7 Å². The smallest absolute Gasteiger partial charge is 0.258 e. The predicted octanol–water partition coefficient (Wildman–Crippen LogP) is 4.60. The Bertz CT molecular complexity index is 1020. The van der Waals surface area contributed by atoms with Crippen molar-refractivity contribution >= 4 is 29.0 Å². The Kier molecular flexibility index (Phi) is 5.49. The van der Waals surface area contributed by atoms with Crippen LogP contribution in [0.25, 0.3) is 0 Å². The summed E-state index contributed by atoms with van der Waals surface area (Å²) < 4.78 is 0. The Labute approximate surface area is 164 Å². The number of aryl methyl sites for hydroxylation is 3. The van der Waals surface area contributed by atoms with E-state index in [0.717, 1.165) is 22.4 Å². The second kappa shape index (κ2) is 8.00.